The maximum Gasteiger partial charge on any atom is 0.308 e. The lowest BCUT2D eigenvalue weighted by atomic mass is 10.2. The van der Waals surface area contributed by atoms with E-state index in [4.69, 9.17) is 4.74 Å². The monoisotopic (exact) mass is 369 g/mol. The van der Waals surface area contributed by atoms with Crippen LogP contribution in [0.15, 0.2) is 53.3 Å². The molecule has 0 atom stereocenters. The average Bonchev–Trinajstić information content (AvgIpc) is 2.98. The number of ether oxygens (including phenoxy) is 1. The van der Waals surface area contributed by atoms with Gasteiger partial charge in [0.25, 0.3) is 0 Å². The minimum absolute atomic E-state index is 0.00800. The molecule has 4 rings (SSSR count). The highest BCUT2D eigenvalue weighted by molar-refractivity contribution is 7.16. The first-order chi connectivity index (χ1) is 12.7. The van der Waals surface area contributed by atoms with Gasteiger partial charge in [-0.2, -0.15) is 0 Å². The molecule has 0 saturated carbocycles. The Morgan fingerprint density at radius 2 is 1.81 bits per heavy atom. The standard InChI is InChI=1S/C19H19N3O3S/c23-18(13-22-16-3-1-2-4-17(16)26-19(22)24)20-14-5-7-15(8-6-14)21-9-11-25-12-10-21/h1-8H,9-13H2,(H,20,23). The van der Waals surface area contributed by atoms with Gasteiger partial charge in [0.2, 0.25) is 5.91 Å². The van der Waals surface area contributed by atoms with Crippen molar-refractivity contribution in [2.75, 3.05) is 36.5 Å². The minimum Gasteiger partial charge on any atom is -0.378 e. The van der Waals surface area contributed by atoms with Crippen molar-refractivity contribution in [1.29, 1.82) is 0 Å². The second-order valence-corrected chi connectivity index (χ2v) is 7.11. The Hall–Kier alpha value is -2.64. The van der Waals surface area contributed by atoms with Gasteiger partial charge in [0, 0.05) is 24.5 Å². The SMILES string of the molecule is O=C(Cn1c(=O)sc2ccccc21)Nc1ccc(N2CCOCC2)cc1. The number of carbonyl (C=O) groups excluding carboxylic acids is 1. The molecule has 0 spiro atoms. The number of nitrogens with zero attached hydrogens (tertiary/aromatic N) is 2. The Morgan fingerprint density at radius 3 is 2.58 bits per heavy atom. The number of aromatic nitrogens is 1. The van der Waals surface area contributed by atoms with Gasteiger partial charge < -0.3 is 15.0 Å². The number of thiazole rings is 1. The van der Waals surface area contributed by atoms with Crippen LogP contribution in [-0.2, 0) is 16.1 Å². The lowest BCUT2D eigenvalue weighted by Crippen LogP contribution is -2.36. The molecule has 6 nitrogen and oxygen atoms in total. The van der Waals surface area contributed by atoms with Gasteiger partial charge in [-0.3, -0.25) is 14.2 Å². The molecular formula is C19H19N3O3S. The molecular weight excluding hydrogens is 350 g/mol. The number of nitrogens with one attached hydrogen (secondary N) is 1. The summed E-state index contributed by atoms with van der Waals surface area (Å²) in [5, 5.41) is 2.87. The number of amides is 1. The van der Waals surface area contributed by atoms with E-state index in [1.54, 1.807) is 0 Å². The average molecular weight is 369 g/mol. The third-order valence-corrected chi connectivity index (χ3v) is 5.36. The smallest absolute Gasteiger partial charge is 0.308 e. The number of fused-ring (bicyclic) bond motifs is 1. The van der Waals surface area contributed by atoms with Crippen LogP contribution in [0.3, 0.4) is 0 Å². The van der Waals surface area contributed by atoms with Gasteiger partial charge in [0.05, 0.1) is 23.4 Å². The van der Waals surface area contributed by atoms with Crippen LogP contribution in [0.5, 0.6) is 0 Å². The van der Waals surface area contributed by atoms with Gasteiger partial charge in [0.15, 0.2) is 0 Å². The first-order valence-corrected chi connectivity index (χ1v) is 9.33. The molecule has 0 bridgehead atoms. The number of anilines is 2. The third-order valence-electron chi connectivity index (χ3n) is 4.40. The van der Waals surface area contributed by atoms with Gasteiger partial charge in [-0.25, -0.2) is 0 Å². The Bertz CT molecular complexity index is 972. The molecule has 2 heterocycles. The van der Waals surface area contributed by atoms with Gasteiger partial charge in [0.1, 0.15) is 6.54 Å². The van der Waals surface area contributed by atoms with Gasteiger partial charge >= 0.3 is 4.87 Å². The maximum atomic E-state index is 12.4. The predicted molar refractivity (Wildman–Crippen MR) is 104 cm³/mol. The molecule has 0 unspecified atom stereocenters. The zero-order chi connectivity index (χ0) is 17.9. The van der Waals surface area contributed by atoms with Gasteiger partial charge in [-0.1, -0.05) is 23.5 Å². The van der Waals surface area contributed by atoms with E-state index < -0.39 is 0 Å². The number of hydrogen-bond acceptors (Lipinski definition) is 5. The van der Waals surface area contributed by atoms with E-state index in [9.17, 15) is 9.59 Å². The molecule has 1 aromatic heterocycles. The summed E-state index contributed by atoms with van der Waals surface area (Å²) < 4.78 is 7.76. The largest absolute Gasteiger partial charge is 0.378 e. The normalized spacial score (nSPS) is 14.5. The Morgan fingerprint density at radius 1 is 1.08 bits per heavy atom. The minimum atomic E-state index is -0.213. The zero-order valence-corrected chi connectivity index (χ0v) is 15.0. The number of benzene rings is 2. The maximum absolute atomic E-state index is 12.4. The van der Waals surface area contributed by atoms with Crippen molar-refractivity contribution in [2.24, 2.45) is 0 Å². The van der Waals surface area contributed by atoms with Crippen molar-refractivity contribution >= 4 is 38.8 Å². The van der Waals surface area contributed by atoms with Crippen LogP contribution in [0.25, 0.3) is 10.2 Å². The molecule has 1 saturated heterocycles. The Balaban J connectivity index is 1.44. The second-order valence-electron chi connectivity index (χ2n) is 6.12. The van der Waals surface area contributed by atoms with E-state index in [0.29, 0.717) is 0 Å². The number of morpholine rings is 1. The van der Waals surface area contributed by atoms with Crippen LogP contribution >= 0.6 is 11.3 Å². The Labute approximate surface area is 154 Å². The molecule has 7 heteroatoms. The molecule has 1 amide bonds. The van der Waals surface area contributed by atoms with E-state index in [2.05, 4.69) is 10.2 Å². The molecule has 1 aliphatic heterocycles. The molecule has 0 radical (unpaired) electrons. The molecule has 3 aromatic rings. The quantitative estimate of drug-likeness (QED) is 0.768. The van der Waals surface area contributed by atoms with E-state index in [1.807, 2.05) is 48.5 Å². The van der Waals surface area contributed by atoms with E-state index in [0.717, 1.165) is 59.2 Å². The van der Waals surface area contributed by atoms with Crippen molar-refractivity contribution in [3.05, 3.63) is 58.2 Å². The molecule has 1 N–H and O–H groups in total. The first kappa shape index (κ1) is 16.8. The van der Waals surface area contributed by atoms with Crippen molar-refractivity contribution in [3.8, 4) is 0 Å². The van der Waals surface area contributed by atoms with Crippen LogP contribution in [-0.4, -0.2) is 36.8 Å². The lowest BCUT2D eigenvalue weighted by Gasteiger charge is -2.28. The highest BCUT2D eigenvalue weighted by atomic mass is 32.1. The summed E-state index contributed by atoms with van der Waals surface area (Å²) in [6.07, 6.45) is 0. The van der Waals surface area contributed by atoms with E-state index in [-0.39, 0.29) is 17.3 Å². The van der Waals surface area contributed by atoms with Crippen LogP contribution in [0, 0.1) is 0 Å². The van der Waals surface area contributed by atoms with Crippen LogP contribution in [0.4, 0.5) is 11.4 Å². The Kier molecular flexibility index (Phi) is 4.73. The van der Waals surface area contributed by atoms with Gasteiger partial charge in [-0.05, 0) is 36.4 Å². The highest BCUT2D eigenvalue weighted by Crippen LogP contribution is 2.20. The van der Waals surface area contributed by atoms with Gasteiger partial charge in [-0.15, -0.1) is 0 Å². The molecule has 1 fully saturated rings. The molecule has 2 aromatic carbocycles. The summed E-state index contributed by atoms with van der Waals surface area (Å²) in [6, 6.07) is 15.3. The fourth-order valence-electron chi connectivity index (χ4n) is 3.08. The van der Waals surface area contributed by atoms with Crippen LogP contribution in [0.2, 0.25) is 0 Å². The van der Waals surface area contributed by atoms with Crippen LogP contribution < -0.4 is 15.1 Å². The number of hydrogen-bond donors (Lipinski definition) is 1. The third kappa shape index (κ3) is 3.49. The topological polar surface area (TPSA) is 63.6 Å². The molecule has 26 heavy (non-hydrogen) atoms. The lowest BCUT2D eigenvalue weighted by molar-refractivity contribution is -0.116. The number of para-hydroxylation sites is 1. The zero-order valence-electron chi connectivity index (χ0n) is 14.2. The fourth-order valence-corrected chi connectivity index (χ4v) is 3.98. The van der Waals surface area contributed by atoms with E-state index >= 15 is 0 Å². The number of rotatable bonds is 4. The summed E-state index contributed by atoms with van der Waals surface area (Å²) >= 11 is 1.16. The first-order valence-electron chi connectivity index (χ1n) is 8.52. The summed E-state index contributed by atoms with van der Waals surface area (Å²) in [5.74, 6) is -0.213. The fraction of sp³-hybridized carbons (Fsp3) is 0.263. The van der Waals surface area contributed by atoms with Crippen molar-refractivity contribution in [3.63, 3.8) is 0 Å². The molecule has 134 valence electrons. The number of carbonyl (C=O) groups is 1. The highest BCUT2D eigenvalue weighted by Gasteiger charge is 2.13. The summed E-state index contributed by atoms with van der Waals surface area (Å²) in [7, 11) is 0. The molecule has 0 aliphatic carbocycles. The van der Waals surface area contributed by atoms with Crippen molar-refractivity contribution < 1.29 is 9.53 Å². The summed E-state index contributed by atoms with van der Waals surface area (Å²) in [5.41, 5.74) is 2.63. The summed E-state index contributed by atoms with van der Waals surface area (Å²) in [4.78, 5) is 26.6. The summed E-state index contributed by atoms with van der Waals surface area (Å²) in [6.45, 7) is 3.23. The van der Waals surface area contributed by atoms with Crippen molar-refractivity contribution in [2.45, 2.75) is 6.54 Å². The molecule has 1 aliphatic rings. The van der Waals surface area contributed by atoms with Crippen LogP contribution in [0.1, 0.15) is 0 Å². The van der Waals surface area contributed by atoms with E-state index in [1.165, 1.54) is 4.57 Å². The second kappa shape index (κ2) is 7.31. The van der Waals surface area contributed by atoms with Crippen molar-refractivity contribution in [1.82, 2.24) is 4.57 Å². The predicted octanol–water partition coefficient (Wildman–Crippen LogP) is 2.54.